The van der Waals surface area contributed by atoms with Gasteiger partial charge in [-0.15, -0.1) is 0 Å². The van der Waals surface area contributed by atoms with Gasteiger partial charge in [-0.1, -0.05) is 18.2 Å². The van der Waals surface area contributed by atoms with Crippen molar-refractivity contribution in [1.29, 1.82) is 0 Å². The second kappa shape index (κ2) is 5.04. The maximum absolute atomic E-state index is 13.6. The van der Waals surface area contributed by atoms with Gasteiger partial charge in [0.15, 0.2) is 5.82 Å². The molecule has 0 atom stereocenters. The molecular formula is C14H13F2NO. The lowest BCUT2D eigenvalue weighted by Crippen LogP contribution is -2.01. The highest BCUT2D eigenvalue weighted by Gasteiger charge is 2.06. The van der Waals surface area contributed by atoms with Gasteiger partial charge in [0, 0.05) is 11.6 Å². The first-order valence-corrected chi connectivity index (χ1v) is 5.50. The van der Waals surface area contributed by atoms with Crippen molar-refractivity contribution in [3.8, 4) is 5.75 Å². The Hall–Kier alpha value is -2.10. The van der Waals surface area contributed by atoms with Gasteiger partial charge in [0.2, 0.25) is 0 Å². The number of anilines is 1. The fourth-order valence-corrected chi connectivity index (χ4v) is 1.54. The minimum atomic E-state index is -0.495. The van der Waals surface area contributed by atoms with Gasteiger partial charge in [-0.3, -0.25) is 0 Å². The molecule has 2 rings (SSSR count). The summed E-state index contributed by atoms with van der Waals surface area (Å²) in [6.07, 6.45) is 0. The zero-order chi connectivity index (χ0) is 13.1. The molecule has 0 spiro atoms. The molecule has 94 valence electrons. The molecule has 0 heterocycles. The summed E-state index contributed by atoms with van der Waals surface area (Å²) < 4.78 is 32.2. The molecule has 18 heavy (non-hydrogen) atoms. The average Bonchev–Trinajstić information content (AvgIpc) is 2.35. The van der Waals surface area contributed by atoms with E-state index in [1.54, 1.807) is 31.2 Å². The van der Waals surface area contributed by atoms with Crippen LogP contribution in [-0.2, 0) is 6.61 Å². The zero-order valence-electron chi connectivity index (χ0n) is 9.91. The van der Waals surface area contributed by atoms with E-state index in [0.717, 1.165) is 0 Å². The Morgan fingerprint density at radius 1 is 1.17 bits per heavy atom. The Kier molecular flexibility index (Phi) is 3.46. The molecule has 0 aliphatic carbocycles. The van der Waals surface area contributed by atoms with Crippen LogP contribution in [0.3, 0.4) is 0 Å². The first-order valence-electron chi connectivity index (χ1n) is 5.50. The molecule has 0 fully saturated rings. The van der Waals surface area contributed by atoms with Crippen LogP contribution in [0.25, 0.3) is 0 Å². The third-order valence-electron chi connectivity index (χ3n) is 2.65. The fourth-order valence-electron chi connectivity index (χ4n) is 1.54. The van der Waals surface area contributed by atoms with Gasteiger partial charge in [-0.25, -0.2) is 8.78 Å². The Morgan fingerprint density at radius 3 is 2.67 bits per heavy atom. The monoisotopic (exact) mass is 249 g/mol. The third-order valence-corrected chi connectivity index (χ3v) is 2.65. The molecule has 0 bridgehead atoms. The Balaban J connectivity index is 2.11. The first kappa shape index (κ1) is 12.4. The van der Waals surface area contributed by atoms with E-state index < -0.39 is 5.82 Å². The maximum Gasteiger partial charge on any atom is 0.152 e. The Morgan fingerprint density at radius 2 is 1.94 bits per heavy atom. The summed E-state index contributed by atoms with van der Waals surface area (Å²) in [6.45, 7) is 1.68. The van der Waals surface area contributed by atoms with Crippen LogP contribution in [-0.4, -0.2) is 0 Å². The third kappa shape index (κ3) is 2.59. The van der Waals surface area contributed by atoms with E-state index in [1.165, 1.54) is 12.1 Å². The fraction of sp³-hybridized carbons (Fsp3) is 0.143. The van der Waals surface area contributed by atoms with Crippen molar-refractivity contribution in [3.63, 3.8) is 0 Å². The van der Waals surface area contributed by atoms with Gasteiger partial charge in [0.1, 0.15) is 18.2 Å². The number of hydrogen-bond acceptors (Lipinski definition) is 2. The number of nitrogen functional groups attached to an aromatic ring is 1. The SMILES string of the molecule is Cc1ccc(OCc2cccc(N)c2F)cc1F. The first-order chi connectivity index (χ1) is 8.58. The van der Waals surface area contributed by atoms with Gasteiger partial charge in [0.25, 0.3) is 0 Å². The molecule has 2 nitrogen and oxygen atoms in total. The number of rotatable bonds is 3. The molecule has 0 unspecified atom stereocenters. The molecule has 0 radical (unpaired) electrons. The van der Waals surface area contributed by atoms with Gasteiger partial charge in [0.05, 0.1) is 5.69 Å². The standard InChI is InChI=1S/C14H13F2NO/c1-9-5-6-11(7-12(9)15)18-8-10-3-2-4-13(17)14(10)16/h2-7H,8,17H2,1H3. The van der Waals surface area contributed by atoms with Crippen LogP contribution in [0.5, 0.6) is 5.75 Å². The molecule has 0 amide bonds. The Bertz CT molecular complexity index is 570. The lowest BCUT2D eigenvalue weighted by molar-refractivity contribution is 0.298. The lowest BCUT2D eigenvalue weighted by atomic mass is 10.2. The van der Waals surface area contributed by atoms with Crippen LogP contribution in [0.15, 0.2) is 36.4 Å². The quantitative estimate of drug-likeness (QED) is 0.846. The number of aryl methyl sites for hydroxylation is 1. The molecule has 0 aliphatic heterocycles. The largest absolute Gasteiger partial charge is 0.489 e. The van der Waals surface area contributed by atoms with Crippen molar-refractivity contribution in [2.24, 2.45) is 0 Å². The highest BCUT2D eigenvalue weighted by molar-refractivity contribution is 5.42. The predicted molar refractivity (Wildman–Crippen MR) is 66.3 cm³/mol. The summed E-state index contributed by atoms with van der Waals surface area (Å²) in [7, 11) is 0. The van der Waals surface area contributed by atoms with Crippen LogP contribution < -0.4 is 10.5 Å². The number of benzene rings is 2. The lowest BCUT2D eigenvalue weighted by Gasteiger charge is -2.09. The molecule has 2 aromatic carbocycles. The highest BCUT2D eigenvalue weighted by Crippen LogP contribution is 2.19. The van der Waals surface area contributed by atoms with Crippen LogP contribution in [0.4, 0.5) is 14.5 Å². The molecule has 0 aromatic heterocycles. The zero-order valence-corrected chi connectivity index (χ0v) is 9.91. The molecule has 4 heteroatoms. The van der Waals surface area contributed by atoms with E-state index in [9.17, 15) is 8.78 Å². The van der Waals surface area contributed by atoms with E-state index in [1.807, 2.05) is 0 Å². The second-order valence-corrected chi connectivity index (χ2v) is 4.02. The minimum absolute atomic E-state index is 0.0133. The van der Waals surface area contributed by atoms with E-state index in [2.05, 4.69) is 0 Å². The van der Waals surface area contributed by atoms with E-state index in [4.69, 9.17) is 10.5 Å². The van der Waals surface area contributed by atoms with Crippen molar-refractivity contribution in [1.82, 2.24) is 0 Å². The van der Waals surface area contributed by atoms with Crippen molar-refractivity contribution < 1.29 is 13.5 Å². The van der Waals surface area contributed by atoms with Crippen molar-refractivity contribution >= 4 is 5.69 Å². The van der Waals surface area contributed by atoms with Gasteiger partial charge < -0.3 is 10.5 Å². The molecule has 0 aliphatic rings. The molecule has 0 saturated carbocycles. The van der Waals surface area contributed by atoms with Crippen LogP contribution in [0.1, 0.15) is 11.1 Å². The molecular weight excluding hydrogens is 236 g/mol. The molecule has 2 aromatic rings. The summed E-state index contributed by atoms with van der Waals surface area (Å²) in [6, 6.07) is 9.23. The number of hydrogen-bond donors (Lipinski definition) is 1. The predicted octanol–water partition coefficient (Wildman–Crippen LogP) is 3.43. The van der Waals surface area contributed by atoms with E-state index in [-0.39, 0.29) is 18.1 Å². The van der Waals surface area contributed by atoms with E-state index in [0.29, 0.717) is 16.9 Å². The van der Waals surface area contributed by atoms with Crippen LogP contribution in [0, 0.1) is 18.6 Å². The maximum atomic E-state index is 13.6. The van der Waals surface area contributed by atoms with Crippen molar-refractivity contribution in [3.05, 3.63) is 59.2 Å². The molecule has 2 N–H and O–H groups in total. The number of nitrogens with two attached hydrogens (primary N) is 1. The number of ether oxygens (including phenoxy) is 1. The summed E-state index contributed by atoms with van der Waals surface area (Å²) in [5.74, 6) is -0.481. The molecule has 0 saturated heterocycles. The van der Waals surface area contributed by atoms with Crippen molar-refractivity contribution in [2.45, 2.75) is 13.5 Å². The average molecular weight is 249 g/mol. The van der Waals surface area contributed by atoms with Crippen LogP contribution >= 0.6 is 0 Å². The van der Waals surface area contributed by atoms with Gasteiger partial charge >= 0.3 is 0 Å². The normalized spacial score (nSPS) is 10.4. The summed E-state index contributed by atoms with van der Waals surface area (Å²) in [4.78, 5) is 0. The summed E-state index contributed by atoms with van der Waals surface area (Å²) >= 11 is 0. The van der Waals surface area contributed by atoms with Crippen LogP contribution in [0.2, 0.25) is 0 Å². The highest BCUT2D eigenvalue weighted by atomic mass is 19.1. The second-order valence-electron chi connectivity index (χ2n) is 4.02. The summed E-state index contributed by atoms with van der Waals surface area (Å²) in [5, 5.41) is 0. The van der Waals surface area contributed by atoms with Gasteiger partial charge in [-0.05, 0) is 24.6 Å². The smallest absolute Gasteiger partial charge is 0.152 e. The van der Waals surface area contributed by atoms with Gasteiger partial charge in [-0.2, -0.15) is 0 Å². The number of halogens is 2. The van der Waals surface area contributed by atoms with E-state index >= 15 is 0 Å². The topological polar surface area (TPSA) is 35.2 Å². The van der Waals surface area contributed by atoms with Crippen molar-refractivity contribution in [2.75, 3.05) is 5.73 Å². The summed E-state index contributed by atoms with van der Waals surface area (Å²) in [5.41, 5.74) is 6.40. The minimum Gasteiger partial charge on any atom is -0.489 e. The Labute approximate surface area is 104 Å².